The molecule has 0 radical (unpaired) electrons. The number of carbonyl (C=O) groups is 3. The van der Waals surface area contributed by atoms with E-state index < -0.39 is 40.9 Å². The molecule has 1 atom stereocenters. The lowest BCUT2D eigenvalue weighted by Gasteiger charge is -2.24. The minimum atomic E-state index is -4.54. The molecule has 1 aliphatic rings. The summed E-state index contributed by atoms with van der Waals surface area (Å²) in [4.78, 5) is 41.2. The second-order valence-electron chi connectivity index (χ2n) is 7.13. The molecule has 4 rings (SSSR count). The Balaban J connectivity index is 1.63. The van der Waals surface area contributed by atoms with Crippen LogP contribution < -0.4 is 16.0 Å². The third-order valence-electron chi connectivity index (χ3n) is 5.07. The molecule has 12 heteroatoms. The molecule has 1 saturated heterocycles. The average molecular weight is 478 g/mol. The number of alkyl halides is 3. The Bertz CT molecular complexity index is 1230. The number of urea groups is 1. The highest BCUT2D eigenvalue weighted by atomic mass is 32.1. The first-order chi connectivity index (χ1) is 15.6. The third kappa shape index (κ3) is 4.29. The lowest BCUT2D eigenvalue weighted by atomic mass is 9.95. The van der Waals surface area contributed by atoms with Crippen LogP contribution in [0.3, 0.4) is 0 Å². The van der Waals surface area contributed by atoms with Gasteiger partial charge in [0, 0.05) is 10.9 Å². The number of carbonyl (C=O) groups excluding carboxylic acids is 3. The van der Waals surface area contributed by atoms with E-state index in [1.165, 1.54) is 22.9 Å². The van der Waals surface area contributed by atoms with E-state index in [4.69, 9.17) is 0 Å². The molecule has 1 fully saturated rings. The maximum Gasteiger partial charge on any atom is 0.416 e. The fraction of sp³-hybridized carbons (Fsp3) is 0.143. The highest BCUT2D eigenvalue weighted by Gasteiger charge is 2.49. The molecule has 170 valence electrons. The van der Waals surface area contributed by atoms with Gasteiger partial charge in [0.25, 0.3) is 11.8 Å². The molecule has 0 unspecified atom stereocenters. The van der Waals surface area contributed by atoms with Gasteiger partial charge >= 0.3 is 12.2 Å². The van der Waals surface area contributed by atoms with Crippen molar-refractivity contribution in [3.63, 3.8) is 0 Å². The van der Waals surface area contributed by atoms with Crippen molar-refractivity contribution in [3.8, 4) is 11.1 Å². The van der Waals surface area contributed by atoms with Gasteiger partial charge in [-0.05, 0) is 41.5 Å². The van der Waals surface area contributed by atoms with Crippen molar-refractivity contribution in [1.82, 2.24) is 20.9 Å². The Hall–Kier alpha value is -3.80. The summed E-state index contributed by atoms with van der Waals surface area (Å²) >= 11 is 1.19. The van der Waals surface area contributed by atoms with Gasteiger partial charge in [0.2, 0.25) is 0 Å². The smallest absolute Gasteiger partial charge is 0.349 e. The summed E-state index contributed by atoms with van der Waals surface area (Å²) in [5.74, 6) is -2.13. The van der Waals surface area contributed by atoms with Crippen molar-refractivity contribution < 1.29 is 31.9 Å². The van der Waals surface area contributed by atoms with Gasteiger partial charge < -0.3 is 10.6 Å². The maximum atomic E-state index is 13.9. The van der Waals surface area contributed by atoms with Gasteiger partial charge in [-0.25, -0.2) is 14.2 Å². The third-order valence-corrected chi connectivity index (χ3v) is 5.66. The summed E-state index contributed by atoms with van der Waals surface area (Å²) in [6.45, 7) is -0.364. The second kappa shape index (κ2) is 8.28. The largest absolute Gasteiger partial charge is 0.416 e. The SMILES string of the molecule is O=C1NC(=O)[C@@](CNC(=O)c2ccc(F)cc2-c2ccc(C(F)(F)F)cc2)(c2cscn2)N1. The van der Waals surface area contributed by atoms with E-state index in [0.29, 0.717) is 0 Å². The van der Waals surface area contributed by atoms with Crippen molar-refractivity contribution in [2.45, 2.75) is 11.7 Å². The Labute approximate surface area is 187 Å². The van der Waals surface area contributed by atoms with E-state index in [2.05, 4.69) is 20.9 Å². The highest BCUT2D eigenvalue weighted by molar-refractivity contribution is 7.07. The number of amides is 4. The number of hydrogen-bond acceptors (Lipinski definition) is 5. The molecule has 2 heterocycles. The van der Waals surface area contributed by atoms with Crippen LogP contribution in [0.1, 0.15) is 21.6 Å². The number of halogens is 4. The number of thiazole rings is 1. The minimum Gasteiger partial charge on any atom is -0.349 e. The van der Waals surface area contributed by atoms with Crippen LogP contribution in [0.15, 0.2) is 53.4 Å². The van der Waals surface area contributed by atoms with Crippen LogP contribution in [0.25, 0.3) is 11.1 Å². The number of hydrogen-bond donors (Lipinski definition) is 3. The van der Waals surface area contributed by atoms with Crippen molar-refractivity contribution in [3.05, 3.63) is 76.0 Å². The van der Waals surface area contributed by atoms with Gasteiger partial charge in [-0.1, -0.05) is 12.1 Å². The first-order valence-electron chi connectivity index (χ1n) is 9.38. The number of benzene rings is 2. The molecule has 4 amide bonds. The molecular formula is C21H14F4N4O3S. The molecule has 7 nitrogen and oxygen atoms in total. The standard InChI is InChI=1S/C21H14F4N4O3S/c22-13-5-6-14(15(7-13)11-1-3-12(4-2-11)21(23,24)25)17(30)26-9-20(16-8-33-10-27-16)18(31)28-19(32)29-20/h1-8,10H,9H2,(H,26,30)(H2,28,29,31,32)/t20-/m1/s1. The van der Waals surface area contributed by atoms with Crippen LogP contribution in [-0.2, 0) is 16.5 Å². The molecule has 0 spiro atoms. The topological polar surface area (TPSA) is 100 Å². The Morgan fingerprint density at radius 2 is 1.85 bits per heavy atom. The fourth-order valence-electron chi connectivity index (χ4n) is 3.41. The summed E-state index contributed by atoms with van der Waals surface area (Å²) in [5.41, 5.74) is -0.632. The van der Waals surface area contributed by atoms with Crippen LogP contribution in [0, 0.1) is 5.82 Å². The molecule has 0 bridgehead atoms. The lowest BCUT2D eigenvalue weighted by molar-refractivity contribution is -0.137. The Kier molecular flexibility index (Phi) is 5.62. The van der Waals surface area contributed by atoms with Gasteiger partial charge in [-0.2, -0.15) is 13.2 Å². The van der Waals surface area contributed by atoms with E-state index >= 15 is 0 Å². The van der Waals surface area contributed by atoms with Gasteiger partial charge in [0.1, 0.15) is 5.82 Å². The van der Waals surface area contributed by atoms with E-state index in [1.807, 2.05) is 0 Å². The molecule has 1 aromatic heterocycles. The summed E-state index contributed by atoms with van der Waals surface area (Å²) < 4.78 is 52.5. The van der Waals surface area contributed by atoms with Gasteiger partial charge in [0.05, 0.1) is 23.3 Å². The molecule has 1 aliphatic heterocycles. The van der Waals surface area contributed by atoms with Crippen molar-refractivity contribution in [2.24, 2.45) is 0 Å². The molecular weight excluding hydrogens is 464 g/mol. The van der Waals surface area contributed by atoms with Crippen LogP contribution in [-0.4, -0.2) is 29.4 Å². The zero-order valence-corrected chi connectivity index (χ0v) is 17.3. The number of imide groups is 1. The van der Waals surface area contributed by atoms with Gasteiger partial charge in [-0.3, -0.25) is 14.9 Å². The van der Waals surface area contributed by atoms with Crippen molar-refractivity contribution in [1.29, 1.82) is 0 Å². The Morgan fingerprint density at radius 3 is 2.42 bits per heavy atom. The Morgan fingerprint density at radius 1 is 1.12 bits per heavy atom. The average Bonchev–Trinajstić information content (AvgIpc) is 3.40. The van der Waals surface area contributed by atoms with Crippen molar-refractivity contribution >= 4 is 29.2 Å². The summed E-state index contributed by atoms with van der Waals surface area (Å²) in [5, 5.41) is 8.65. The molecule has 3 aromatic rings. The summed E-state index contributed by atoms with van der Waals surface area (Å²) in [6.07, 6.45) is -4.54. The summed E-state index contributed by atoms with van der Waals surface area (Å²) in [6, 6.07) is 6.41. The zero-order chi connectivity index (χ0) is 23.8. The van der Waals surface area contributed by atoms with E-state index in [1.54, 1.807) is 5.38 Å². The molecule has 2 aromatic carbocycles. The monoisotopic (exact) mass is 478 g/mol. The minimum absolute atomic E-state index is 0.0330. The second-order valence-corrected chi connectivity index (χ2v) is 7.85. The quantitative estimate of drug-likeness (QED) is 0.387. The predicted octanol–water partition coefficient (Wildman–Crippen LogP) is 3.43. The highest BCUT2D eigenvalue weighted by Crippen LogP contribution is 2.32. The van der Waals surface area contributed by atoms with Crippen LogP contribution in [0.2, 0.25) is 0 Å². The molecule has 0 saturated carbocycles. The zero-order valence-electron chi connectivity index (χ0n) is 16.5. The van der Waals surface area contributed by atoms with Gasteiger partial charge in [-0.15, -0.1) is 11.3 Å². The van der Waals surface area contributed by atoms with E-state index in [9.17, 15) is 31.9 Å². The predicted molar refractivity (Wildman–Crippen MR) is 110 cm³/mol. The van der Waals surface area contributed by atoms with E-state index in [0.717, 1.165) is 36.4 Å². The van der Waals surface area contributed by atoms with Gasteiger partial charge in [0.15, 0.2) is 5.54 Å². The van der Waals surface area contributed by atoms with E-state index in [-0.39, 0.29) is 28.9 Å². The number of nitrogens with zero attached hydrogens (tertiary/aromatic N) is 1. The molecule has 3 N–H and O–H groups in total. The first kappa shape index (κ1) is 22.4. The first-order valence-corrected chi connectivity index (χ1v) is 10.3. The molecule has 33 heavy (non-hydrogen) atoms. The fourth-order valence-corrected chi connectivity index (χ4v) is 4.04. The number of nitrogens with one attached hydrogen (secondary N) is 3. The summed E-state index contributed by atoms with van der Waals surface area (Å²) in [7, 11) is 0. The molecule has 0 aliphatic carbocycles. The van der Waals surface area contributed by atoms with Crippen LogP contribution >= 0.6 is 11.3 Å². The van der Waals surface area contributed by atoms with Crippen LogP contribution in [0.5, 0.6) is 0 Å². The van der Waals surface area contributed by atoms with Crippen molar-refractivity contribution in [2.75, 3.05) is 6.54 Å². The van der Waals surface area contributed by atoms with Crippen LogP contribution in [0.4, 0.5) is 22.4 Å². The lowest BCUT2D eigenvalue weighted by Crippen LogP contribution is -2.52. The number of aromatic nitrogens is 1. The normalized spacial score (nSPS) is 18.1. The maximum absolute atomic E-state index is 13.9. The number of rotatable bonds is 5.